The Morgan fingerprint density at radius 2 is 0.714 bits per heavy atom. The van der Waals surface area contributed by atoms with Gasteiger partial charge in [-0.25, -0.2) is 26.3 Å². The number of fused-ring (bicyclic) bond motifs is 8. The number of hydrogen-bond donors (Lipinski definition) is 0. The average molecular weight is 833 g/mol. The molecule has 1 nitrogen and oxygen atoms in total. The molecule has 1 spiro atoms. The van der Waals surface area contributed by atoms with Crippen molar-refractivity contribution in [3.63, 3.8) is 0 Å². The van der Waals surface area contributed by atoms with Gasteiger partial charge in [-0.1, -0.05) is 109 Å². The largest absolute Gasteiger partial charge is 0.309 e. The van der Waals surface area contributed by atoms with E-state index in [4.69, 9.17) is 0 Å². The van der Waals surface area contributed by atoms with Crippen molar-refractivity contribution in [1.82, 2.24) is 0 Å². The molecule has 0 unspecified atom stereocenters. The summed E-state index contributed by atoms with van der Waals surface area (Å²) in [6.07, 6.45) is 0. The Morgan fingerprint density at radius 3 is 1.14 bits per heavy atom. The molecule has 302 valence electrons. The molecule has 0 atom stereocenters. The molecule has 0 amide bonds. The molecular weight excluding hydrogens is 801 g/mol. The number of hydrogen-bond acceptors (Lipinski definition) is 0. The summed E-state index contributed by atoms with van der Waals surface area (Å²) in [6.45, 7) is 1.77. The third-order valence-electron chi connectivity index (χ3n) is 14.0. The van der Waals surface area contributed by atoms with Crippen molar-refractivity contribution in [2.45, 2.75) is 26.2 Å². The molecule has 13 rings (SSSR count). The Hall–Kier alpha value is -7.22. The second-order valence-corrected chi connectivity index (χ2v) is 17.5. The Labute approximate surface area is 356 Å². The molecule has 0 aliphatic carbocycles. The third-order valence-corrected chi connectivity index (χ3v) is 14.0. The third kappa shape index (κ3) is 5.11. The minimum atomic E-state index is -1.54. The molecule has 0 bridgehead atoms. The van der Waals surface area contributed by atoms with E-state index in [2.05, 4.69) is 60.7 Å². The fraction of sp³-hybridized carbons (Fsp3) is 0.0714. The maximum absolute atomic E-state index is 15.4. The van der Waals surface area contributed by atoms with Gasteiger partial charge in [0.2, 0.25) is 0 Å². The van der Waals surface area contributed by atoms with Crippen molar-refractivity contribution < 1.29 is 30.8 Å². The molecule has 7 heteroatoms. The lowest BCUT2D eigenvalue weighted by atomic mass is 9.82. The number of nitrogens with zero attached hydrogens (tertiary/aromatic N) is 1. The van der Waals surface area contributed by atoms with Gasteiger partial charge in [0.25, 0.3) is 0 Å². The summed E-state index contributed by atoms with van der Waals surface area (Å²) in [6, 6.07) is 45.4. The van der Waals surface area contributed by atoms with Crippen LogP contribution < -0.4 is 0 Å². The van der Waals surface area contributed by atoms with Crippen LogP contribution in [0.15, 0.2) is 146 Å². The van der Waals surface area contributed by atoms with Crippen molar-refractivity contribution >= 4 is 64.6 Å². The molecule has 0 aromatic heterocycles. The van der Waals surface area contributed by atoms with Gasteiger partial charge in [-0.05, 0) is 113 Å². The van der Waals surface area contributed by atoms with E-state index in [0.717, 1.165) is 90.0 Å². The summed E-state index contributed by atoms with van der Waals surface area (Å²) in [5.41, 5.74) is 6.98. The first-order chi connectivity index (χ1) is 30.6. The summed E-state index contributed by atoms with van der Waals surface area (Å²) >= 11 is 0. The van der Waals surface area contributed by atoms with Crippen LogP contribution in [0.25, 0.3) is 98.0 Å². The highest BCUT2D eigenvalue weighted by atomic mass is 19.2. The Morgan fingerprint density at radius 1 is 0.333 bits per heavy atom. The van der Waals surface area contributed by atoms with Crippen molar-refractivity contribution in [3.8, 4) is 33.4 Å². The van der Waals surface area contributed by atoms with E-state index in [9.17, 15) is 8.78 Å². The highest BCUT2D eigenvalue weighted by molar-refractivity contribution is 6.34. The van der Waals surface area contributed by atoms with E-state index in [-0.39, 0.29) is 11.1 Å². The lowest BCUT2D eigenvalue weighted by molar-refractivity contribution is -0.977. The maximum Gasteiger partial charge on any atom is 0.194 e. The van der Waals surface area contributed by atoms with Crippen molar-refractivity contribution in [2.75, 3.05) is 0 Å². The molecule has 63 heavy (non-hydrogen) atoms. The molecule has 2 aliphatic heterocycles. The SMILES string of the molecule is Fc1cc(-c2cc3ccccc3c3c2C[N+]2(Cc4c(-c5cc(F)c(F)c(F)c5)cc5ccccc5c4-3)Cc3ccc4cccc5c6cccc7ccc(c(c3c45)c76)C2)cc(F)c1F. The summed E-state index contributed by atoms with van der Waals surface area (Å²) in [5.74, 6) is -8.26. The summed E-state index contributed by atoms with van der Waals surface area (Å²) in [5, 5.41) is 12.7. The van der Waals surface area contributed by atoms with E-state index in [1.807, 2.05) is 60.7 Å². The second kappa shape index (κ2) is 12.9. The fourth-order valence-electron chi connectivity index (χ4n) is 11.5. The summed E-state index contributed by atoms with van der Waals surface area (Å²) in [7, 11) is 0. The minimum Gasteiger partial charge on any atom is -0.309 e. The van der Waals surface area contributed by atoms with Gasteiger partial charge in [-0.2, -0.15) is 0 Å². The minimum absolute atomic E-state index is 0.193. The van der Waals surface area contributed by atoms with Gasteiger partial charge in [0.1, 0.15) is 26.2 Å². The van der Waals surface area contributed by atoms with Crippen LogP contribution in [0.4, 0.5) is 26.3 Å². The summed E-state index contributed by atoms with van der Waals surface area (Å²) < 4.78 is 91.5. The van der Waals surface area contributed by atoms with E-state index in [1.165, 1.54) is 32.3 Å². The van der Waals surface area contributed by atoms with E-state index in [1.54, 1.807) is 0 Å². The molecular formula is C56H32F6N+. The van der Waals surface area contributed by atoms with Gasteiger partial charge < -0.3 is 4.48 Å². The van der Waals surface area contributed by atoms with Crippen LogP contribution in [-0.2, 0) is 26.2 Å². The van der Waals surface area contributed by atoms with Crippen LogP contribution in [0, 0.1) is 34.9 Å². The molecule has 0 saturated heterocycles. The number of rotatable bonds is 2. The topological polar surface area (TPSA) is 0 Å². The highest BCUT2D eigenvalue weighted by Crippen LogP contribution is 2.53. The zero-order valence-electron chi connectivity index (χ0n) is 33.4. The normalized spacial score (nSPS) is 14.4. The monoisotopic (exact) mass is 832 g/mol. The first-order valence-corrected chi connectivity index (χ1v) is 21.0. The Bertz CT molecular complexity index is 3540. The molecule has 0 N–H and O–H groups in total. The van der Waals surface area contributed by atoms with E-state index in [0.29, 0.717) is 41.8 Å². The number of quaternary nitrogens is 1. The van der Waals surface area contributed by atoms with Crippen LogP contribution >= 0.6 is 0 Å². The molecule has 2 aliphatic rings. The second-order valence-electron chi connectivity index (χ2n) is 17.5. The van der Waals surface area contributed by atoms with Crippen molar-refractivity contribution in [3.05, 3.63) is 203 Å². The highest BCUT2D eigenvalue weighted by Gasteiger charge is 2.41. The van der Waals surface area contributed by atoms with Gasteiger partial charge in [0.05, 0.1) is 0 Å². The number of halogens is 6. The van der Waals surface area contributed by atoms with Crippen LogP contribution in [-0.4, -0.2) is 4.48 Å². The van der Waals surface area contributed by atoms with Crippen molar-refractivity contribution in [2.24, 2.45) is 0 Å². The lowest BCUT2D eigenvalue weighted by Gasteiger charge is -2.39. The molecule has 11 aromatic carbocycles. The molecule has 11 aromatic rings. The van der Waals surface area contributed by atoms with Crippen LogP contribution in [0.5, 0.6) is 0 Å². The smallest absolute Gasteiger partial charge is 0.194 e. The van der Waals surface area contributed by atoms with Crippen LogP contribution in [0.2, 0.25) is 0 Å². The quantitative estimate of drug-likeness (QED) is 0.0535. The standard InChI is InChI=1S/C56H32F6N/c57-45-21-35(22-46(58)55(45)61)41-19-31-7-1-3-11-37(31)53-43(41)27-63(28-44-42(36-23-47(59)56(62)48(60)24-36)20-32-8-2-4-12-38(32)54(44)53)25-33-17-15-29-9-5-13-39-40-14-6-10-30-16-18-34(26-63)52(50(30)40)51(33)49(29)39/h1-24H,25-28H2/q+1. The first-order valence-electron chi connectivity index (χ1n) is 21.0. The lowest BCUT2D eigenvalue weighted by Crippen LogP contribution is -2.44. The van der Waals surface area contributed by atoms with Gasteiger partial charge in [-0.15, -0.1) is 0 Å². The summed E-state index contributed by atoms with van der Waals surface area (Å²) in [4.78, 5) is 0. The predicted molar refractivity (Wildman–Crippen MR) is 240 cm³/mol. The molecule has 0 saturated carbocycles. The molecule has 2 heterocycles. The zero-order valence-corrected chi connectivity index (χ0v) is 33.4. The molecule has 0 fully saturated rings. The van der Waals surface area contributed by atoms with E-state index >= 15 is 17.6 Å². The maximum atomic E-state index is 15.4. The van der Waals surface area contributed by atoms with Crippen molar-refractivity contribution in [1.29, 1.82) is 0 Å². The average Bonchev–Trinajstić information content (AvgIpc) is 3.53. The van der Waals surface area contributed by atoms with Gasteiger partial charge in [0.15, 0.2) is 34.9 Å². The first kappa shape index (κ1) is 36.4. The van der Waals surface area contributed by atoms with Crippen LogP contribution in [0.1, 0.15) is 22.3 Å². The fourth-order valence-corrected chi connectivity index (χ4v) is 11.5. The van der Waals surface area contributed by atoms with Crippen LogP contribution in [0.3, 0.4) is 0 Å². The van der Waals surface area contributed by atoms with Gasteiger partial charge in [-0.3, -0.25) is 0 Å². The van der Waals surface area contributed by atoms with E-state index < -0.39 is 34.9 Å². The van der Waals surface area contributed by atoms with Gasteiger partial charge in [0, 0.05) is 44.2 Å². The Balaban J connectivity index is 1.21. The van der Waals surface area contributed by atoms with Gasteiger partial charge >= 0.3 is 0 Å². The predicted octanol–water partition coefficient (Wildman–Crippen LogP) is 15.4. The molecule has 0 radical (unpaired) electrons. The Kier molecular flexibility index (Phi) is 7.47. The number of benzene rings is 11. The zero-order chi connectivity index (χ0) is 42.5.